The Morgan fingerprint density at radius 2 is 2.05 bits per heavy atom. The van der Waals surface area contributed by atoms with Gasteiger partial charge in [-0.05, 0) is 49.4 Å². The summed E-state index contributed by atoms with van der Waals surface area (Å²) in [5.41, 5.74) is 3.99. The number of rotatable bonds is 2. The summed E-state index contributed by atoms with van der Waals surface area (Å²) in [6.45, 7) is 4.23. The second-order valence-corrected chi connectivity index (χ2v) is 5.74. The van der Waals surface area contributed by atoms with Crippen LogP contribution in [0.1, 0.15) is 40.9 Å². The van der Waals surface area contributed by atoms with E-state index in [0.717, 1.165) is 30.6 Å². The molecule has 0 spiro atoms. The molecule has 0 saturated carbocycles. The van der Waals surface area contributed by atoms with Gasteiger partial charge in [0.15, 0.2) is 0 Å². The zero-order valence-corrected chi connectivity index (χ0v) is 11.6. The Balaban J connectivity index is 1.93. The molecule has 2 heteroatoms. The molecule has 1 heterocycles. The normalized spacial score (nSPS) is 22.3. The first-order valence-corrected chi connectivity index (χ1v) is 6.94. The molecule has 2 nitrogen and oxygen atoms in total. The van der Waals surface area contributed by atoms with E-state index in [0.29, 0.717) is 6.42 Å². The van der Waals surface area contributed by atoms with E-state index in [4.69, 9.17) is 4.42 Å². The summed E-state index contributed by atoms with van der Waals surface area (Å²) in [7, 11) is 0. The third-order valence-electron chi connectivity index (χ3n) is 4.31. The van der Waals surface area contributed by atoms with Crippen molar-refractivity contribution in [3.63, 3.8) is 0 Å². The molecule has 1 aromatic heterocycles. The Kier molecular flexibility index (Phi) is 2.98. The van der Waals surface area contributed by atoms with Crippen LogP contribution >= 0.6 is 0 Å². The van der Waals surface area contributed by atoms with Gasteiger partial charge in [-0.15, -0.1) is 0 Å². The second-order valence-electron chi connectivity index (χ2n) is 5.74. The molecule has 19 heavy (non-hydrogen) atoms. The minimum Gasteiger partial charge on any atom is -0.469 e. The van der Waals surface area contributed by atoms with E-state index in [1.54, 1.807) is 6.26 Å². The zero-order chi connectivity index (χ0) is 13.5. The standard InChI is InChI=1S/C17H20O2/c1-12-5-6-14(10-13(12)2)11-17(18)8-3-4-16-15(17)7-9-19-16/h5-7,9-10,18H,3-4,8,11H2,1-2H3. The molecule has 2 aromatic rings. The van der Waals surface area contributed by atoms with Crippen LogP contribution in [0.25, 0.3) is 0 Å². The van der Waals surface area contributed by atoms with E-state index in [1.807, 2.05) is 6.07 Å². The molecule has 3 rings (SSSR count). The van der Waals surface area contributed by atoms with E-state index < -0.39 is 5.60 Å². The lowest BCUT2D eigenvalue weighted by atomic mass is 9.78. The number of benzene rings is 1. The summed E-state index contributed by atoms with van der Waals surface area (Å²) in [6, 6.07) is 8.36. The van der Waals surface area contributed by atoms with Crippen molar-refractivity contribution < 1.29 is 9.52 Å². The second kappa shape index (κ2) is 4.53. The summed E-state index contributed by atoms with van der Waals surface area (Å²) in [5.74, 6) is 0.956. The highest BCUT2D eigenvalue weighted by molar-refractivity contribution is 5.34. The Bertz CT molecular complexity index is 597. The summed E-state index contributed by atoms with van der Waals surface area (Å²) >= 11 is 0. The van der Waals surface area contributed by atoms with Crippen molar-refractivity contribution in [3.8, 4) is 0 Å². The van der Waals surface area contributed by atoms with E-state index in [-0.39, 0.29) is 0 Å². The van der Waals surface area contributed by atoms with Crippen LogP contribution in [0.3, 0.4) is 0 Å². The monoisotopic (exact) mass is 256 g/mol. The van der Waals surface area contributed by atoms with Crippen LogP contribution in [0, 0.1) is 13.8 Å². The van der Waals surface area contributed by atoms with Crippen molar-refractivity contribution in [2.24, 2.45) is 0 Å². The van der Waals surface area contributed by atoms with Crippen LogP contribution in [0.15, 0.2) is 34.9 Å². The fourth-order valence-electron chi connectivity index (χ4n) is 3.06. The van der Waals surface area contributed by atoms with Crippen molar-refractivity contribution >= 4 is 0 Å². The third kappa shape index (κ3) is 2.21. The number of furan rings is 1. The van der Waals surface area contributed by atoms with E-state index in [2.05, 4.69) is 32.0 Å². The molecular weight excluding hydrogens is 236 g/mol. The Labute approximate surface area is 114 Å². The molecule has 0 saturated heterocycles. The molecule has 1 aliphatic rings. The number of fused-ring (bicyclic) bond motifs is 1. The zero-order valence-electron chi connectivity index (χ0n) is 11.6. The summed E-state index contributed by atoms with van der Waals surface area (Å²) in [5, 5.41) is 11.0. The van der Waals surface area contributed by atoms with Crippen LogP contribution in [0.2, 0.25) is 0 Å². The first-order valence-electron chi connectivity index (χ1n) is 6.94. The fraction of sp³-hybridized carbons (Fsp3) is 0.412. The predicted octanol–water partition coefficient (Wildman–Crippen LogP) is 3.66. The van der Waals surface area contributed by atoms with Crippen molar-refractivity contribution in [3.05, 3.63) is 58.5 Å². The van der Waals surface area contributed by atoms with Crippen molar-refractivity contribution in [1.29, 1.82) is 0 Å². The Morgan fingerprint density at radius 1 is 1.21 bits per heavy atom. The lowest BCUT2D eigenvalue weighted by Gasteiger charge is -2.32. The first-order chi connectivity index (χ1) is 9.08. The summed E-state index contributed by atoms with van der Waals surface area (Å²) in [4.78, 5) is 0. The van der Waals surface area contributed by atoms with Gasteiger partial charge in [0, 0.05) is 18.4 Å². The highest BCUT2D eigenvalue weighted by Crippen LogP contribution is 2.38. The van der Waals surface area contributed by atoms with Gasteiger partial charge in [-0.3, -0.25) is 0 Å². The Hall–Kier alpha value is -1.54. The molecule has 1 unspecified atom stereocenters. The van der Waals surface area contributed by atoms with Gasteiger partial charge < -0.3 is 9.52 Å². The highest BCUT2D eigenvalue weighted by Gasteiger charge is 2.36. The van der Waals surface area contributed by atoms with Gasteiger partial charge in [0.05, 0.1) is 11.9 Å². The van der Waals surface area contributed by atoms with Crippen molar-refractivity contribution in [2.45, 2.75) is 45.1 Å². The molecule has 0 amide bonds. The average Bonchev–Trinajstić information content (AvgIpc) is 2.84. The van der Waals surface area contributed by atoms with Gasteiger partial charge in [0.1, 0.15) is 5.76 Å². The molecule has 100 valence electrons. The largest absolute Gasteiger partial charge is 0.469 e. The number of aryl methyl sites for hydroxylation is 3. The lowest BCUT2D eigenvalue weighted by Crippen LogP contribution is -2.32. The minimum atomic E-state index is -0.762. The SMILES string of the molecule is Cc1ccc(CC2(O)CCCc3occc32)cc1C. The van der Waals surface area contributed by atoms with E-state index in [1.165, 1.54) is 16.7 Å². The van der Waals surface area contributed by atoms with Crippen LogP contribution in [0.5, 0.6) is 0 Å². The maximum absolute atomic E-state index is 11.0. The van der Waals surface area contributed by atoms with Gasteiger partial charge in [-0.1, -0.05) is 18.2 Å². The summed E-state index contributed by atoms with van der Waals surface area (Å²) in [6.07, 6.45) is 5.11. The topological polar surface area (TPSA) is 33.4 Å². The van der Waals surface area contributed by atoms with Gasteiger partial charge in [0.2, 0.25) is 0 Å². The van der Waals surface area contributed by atoms with Gasteiger partial charge >= 0.3 is 0 Å². The smallest absolute Gasteiger partial charge is 0.109 e. The molecule has 0 fully saturated rings. The molecular formula is C17H20O2. The number of hydrogen-bond donors (Lipinski definition) is 1. The first kappa shape index (κ1) is 12.5. The van der Waals surface area contributed by atoms with Gasteiger partial charge in [-0.25, -0.2) is 0 Å². The number of hydrogen-bond acceptors (Lipinski definition) is 2. The van der Waals surface area contributed by atoms with Crippen molar-refractivity contribution in [2.75, 3.05) is 0 Å². The van der Waals surface area contributed by atoms with Crippen LogP contribution in [0.4, 0.5) is 0 Å². The molecule has 0 radical (unpaired) electrons. The maximum Gasteiger partial charge on any atom is 0.109 e. The fourth-order valence-corrected chi connectivity index (χ4v) is 3.06. The van der Waals surface area contributed by atoms with Crippen molar-refractivity contribution in [1.82, 2.24) is 0 Å². The molecule has 1 aromatic carbocycles. The third-order valence-corrected chi connectivity index (χ3v) is 4.31. The average molecular weight is 256 g/mol. The molecule has 0 aliphatic heterocycles. The molecule has 1 aliphatic carbocycles. The van der Waals surface area contributed by atoms with Gasteiger partial charge in [0.25, 0.3) is 0 Å². The quantitative estimate of drug-likeness (QED) is 0.889. The van der Waals surface area contributed by atoms with Crippen LogP contribution in [-0.4, -0.2) is 5.11 Å². The lowest BCUT2D eigenvalue weighted by molar-refractivity contribution is 0.0168. The van der Waals surface area contributed by atoms with Crippen LogP contribution < -0.4 is 0 Å². The number of aliphatic hydroxyl groups is 1. The maximum atomic E-state index is 11.0. The molecule has 1 atom stereocenters. The highest BCUT2D eigenvalue weighted by atomic mass is 16.3. The van der Waals surface area contributed by atoms with E-state index in [9.17, 15) is 5.11 Å². The van der Waals surface area contributed by atoms with E-state index >= 15 is 0 Å². The predicted molar refractivity (Wildman–Crippen MR) is 75.2 cm³/mol. The molecule has 0 bridgehead atoms. The summed E-state index contributed by atoms with van der Waals surface area (Å²) < 4.78 is 5.47. The van der Waals surface area contributed by atoms with Gasteiger partial charge in [-0.2, -0.15) is 0 Å². The van der Waals surface area contributed by atoms with Crippen LogP contribution in [-0.2, 0) is 18.4 Å². The molecule has 1 N–H and O–H groups in total. The minimum absolute atomic E-state index is 0.667. The Morgan fingerprint density at radius 3 is 2.84 bits per heavy atom.